The van der Waals surface area contributed by atoms with Gasteiger partial charge in [-0.15, -0.1) is 0 Å². The van der Waals surface area contributed by atoms with Crippen molar-refractivity contribution in [3.05, 3.63) is 89.8 Å². The summed E-state index contributed by atoms with van der Waals surface area (Å²) in [7, 11) is 0. The van der Waals surface area contributed by atoms with Crippen LogP contribution in [0.25, 0.3) is 0 Å². The minimum atomic E-state index is -0.150. The first-order valence-corrected chi connectivity index (χ1v) is 8.36. The van der Waals surface area contributed by atoms with Crippen LogP contribution in [0.5, 0.6) is 0 Å². The van der Waals surface area contributed by atoms with E-state index in [1.165, 1.54) is 0 Å². The average molecular weight is 321 g/mol. The molecule has 3 heterocycles. The molecular weight excluding hydrogens is 301 g/mol. The van der Waals surface area contributed by atoms with Crippen molar-refractivity contribution in [3.8, 4) is 0 Å². The number of pyridine rings is 1. The molecule has 4 rings (SSSR count). The summed E-state index contributed by atoms with van der Waals surface area (Å²) < 4.78 is 16.8. The molecule has 3 nitrogen and oxygen atoms in total. The molecule has 0 N–H and O–H groups in total. The fraction of sp³-hybridized carbons (Fsp3) is 0.250. The van der Waals surface area contributed by atoms with Crippen LogP contribution in [0.3, 0.4) is 0 Å². The highest BCUT2D eigenvalue weighted by Crippen LogP contribution is 2.34. The summed E-state index contributed by atoms with van der Waals surface area (Å²) in [5.41, 5.74) is 2.89. The SMILES string of the molecule is Fc1ccccc1C1c2cccn2CCCN1Cc1ccccn1. The molecule has 0 saturated carbocycles. The smallest absolute Gasteiger partial charge is 0.128 e. The van der Waals surface area contributed by atoms with Gasteiger partial charge in [0.1, 0.15) is 5.82 Å². The van der Waals surface area contributed by atoms with Gasteiger partial charge >= 0.3 is 0 Å². The van der Waals surface area contributed by atoms with Gasteiger partial charge in [-0.1, -0.05) is 24.3 Å². The van der Waals surface area contributed by atoms with Crippen LogP contribution in [-0.4, -0.2) is 21.0 Å². The number of aromatic nitrogens is 2. The Morgan fingerprint density at radius 3 is 2.71 bits per heavy atom. The zero-order valence-electron chi connectivity index (χ0n) is 13.5. The lowest BCUT2D eigenvalue weighted by Gasteiger charge is -2.30. The van der Waals surface area contributed by atoms with E-state index in [0.717, 1.165) is 36.5 Å². The standard InChI is InChI=1S/C20H20FN3/c21-18-9-2-1-8-17(18)20-19-10-5-12-23(19)13-6-14-24(20)15-16-7-3-4-11-22-16/h1-5,7-12,20H,6,13-15H2. The Morgan fingerprint density at radius 2 is 1.88 bits per heavy atom. The van der Waals surface area contributed by atoms with Crippen molar-refractivity contribution in [2.24, 2.45) is 0 Å². The topological polar surface area (TPSA) is 21.1 Å². The van der Waals surface area contributed by atoms with E-state index in [1.54, 1.807) is 12.1 Å². The van der Waals surface area contributed by atoms with Gasteiger partial charge in [0, 0.05) is 43.3 Å². The molecule has 1 aliphatic heterocycles. The number of aryl methyl sites for hydroxylation is 1. The highest BCUT2D eigenvalue weighted by molar-refractivity contribution is 5.31. The van der Waals surface area contributed by atoms with Gasteiger partial charge in [0.25, 0.3) is 0 Å². The second-order valence-corrected chi connectivity index (χ2v) is 6.20. The molecule has 0 radical (unpaired) electrons. The molecule has 1 unspecified atom stereocenters. The Balaban J connectivity index is 1.77. The van der Waals surface area contributed by atoms with E-state index in [4.69, 9.17) is 0 Å². The van der Waals surface area contributed by atoms with E-state index < -0.39 is 0 Å². The number of hydrogen-bond donors (Lipinski definition) is 0. The number of rotatable bonds is 3. The summed E-state index contributed by atoms with van der Waals surface area (Å²) in [4.78, 5) is 6.79. The molecule has 1 aliphatic rings. The van der Waals surface area contributed by atoms with Crippen LogP contribution in [-0.2, 0) is 13.1 Å². The Labute approximate surface area is 141 Å². The van der Waals surface area contributed by atoms with Crippen molar-refractivity contribution >= 4 is 0 Å². The van der Waals surface area contributed by atoms with Gasteiger partial charge in [0.15, 0.2) is 0 Å². The van der Waals surface area contributed by atoms with Gasteiger partial charge in [-0.2, -0.15) is 0 Å². The molecule has 0 saturated heterocycles. The number of nitrogens with zero attached hydrogens (tertiary/aromatic N) is 3. The zero-order valence-corrected chi connectivity index (χ0v) is 13.5. The molecule has 4 heteroatoms. The van der Waals surface area contributed by atoms with Crippen LogP contribution >= 0.6 is 0 Å². The van der Waals surface area contributed by atoms with Crippen molar-refractivity contribution in [2.75, 3.05) is 6.54 Å². The maximum absolute atomic E-state index is 14.6. The fourth-order valence-electron chi connectivity index (χ4n) is 3.56. The van der Waals surface area contributed by atoms with E-state index in [2.05, 4.69) is 26.7 Å². The minimum absolute atomic E-state index is 0.0919. The van der Waals surface area contributed by atoms with E-state index in [0.29, 0.717) is 6.54 Å². The van der Waals surface area contributed by atoms with Gasteiger partial charge in [0.05, 0.1) is 11.7 Å². The highest BCUT2D eigenvalue weighted by Gasteiger charge is 2.29. The van der Waals surface area contributed by atoms with E-state index in [1.807, 2.05) is 42.6 Å². The fourth-order valence-corrected chi connectivity index (χ4v) is 3.56. The van der Waals surface area contributed by atoms with Crippen molar-refractivity contribution < 1.29 is 4.39 Å². The van der Waals surface area contributed by atoms with Crippen LogP contribution in [0.15, 0.2) is 67.0 Å². The average Bonchev–Trinajstić information content (AvgIpc) is 2.99. The van der Waals surface area contributed by atoms with E-state index >= 15 is 0 Å². The summed E-state index contributed by atoms with van der Waals surface area (Å²) >= 11 is 0. The Morgan fingerprint density at radius 1 is 1.00 bits per heavy atom. The molecule has 1 atom stereocenters. The summed E-state index contributed by atoms with van der Waals surface area (Å²) in [5, 5.41) is 0. The van der Waals surface area contributed by atoms with Crippen LogP contribution in [0.2, 0.25) is 0 Å². The molecule has 0 bridgehead atoms. The van der Waals surface area contributed by atoms with Gasteiger partial charge < -0.3 is 4.57 Å². The molecule has 0 aliphatic carbocycles. The van der Waals surface area contributed by atoms with E-state index in [9.17, 15) is 4.39 Å². The molecule has 2 aromatic heterocycles. The zero-order chi connectivity index (χ0) is 16.4. The van der Waals surface area contributed by atoms with Crippen molar-refractivity contribution in [1.82, 2.24) is 14.5 Å². The number of halogens is 1. The summed E-state index contributed by atoms with van der Waals surface area (Å²) in [5.74, 6) is -0.150. The quantitative estimate of drug-likeness (QED) is 0.726. The first kappa shape index (κ1) is 15.1. The van der Waals surface area contributed by atoms with Crippen LogP contribution in [0.4, 0.5) is 4.39 Å². The normalized spacial score (nSPS) is 18.1. The number of benzene rings is 1. The van der Waals surface area contributed by atoms with Gasteiger partial charge in [-0.05, 0) is 36.8 Å². The monoisotopic (exact) mass is 321 g/mol. The summed E-state index contributed by atoms with van der Waals surface area (Å²) in [6.07, 6.45) is 4.95. The lowest BCUT2D eigenvalue weighted by Crippen LogP contribution is -2.30. The number of fused-ring (bicyclic) bond motifs is 1. The van der Waals surface area contributed by atoms with Crippen molar-refractivity contribution in [3.63, 3.8) is 0 Å². The summed E-state index contributed by atoms with van der Waals surface area (Å²) in [6.45, 7) is 2.59. The maximum atomic E-state index is 14.6. The second kappa shape index (κ2) is 6.57. The molecule has 1 aromatic carbocycles. The minimum Gasteiger partial charge on any atom is -0.350 e. The third kappa shape index (κ3) is 2.85. The van der Waals surface area contributed by atoms with Gasteiger partial charge in [-0.25, -0.2) is 4.39 Å². The maximum Gasteiger partial charge on any atom is 0.128 e. The molecule has 0 amide bonds. The third-order valence-electron chi connectivity index (χ3n) is 4.65. The molecule has 0 fully saturated rings. The first-order chi connectivity index (χ1) is 11.8. The van der Waals surface area contributed by atoms with E-state index in [-0.39, 0.29) is 11.9 Å². The molecule has 24 heavy (non-hydrogen) atoms. The first-order valence-electron chi connectivity index (χ1n) is 8.36. The predicted molar refractivity (Wildman–Crippen MR) is 91.9 cm³/mol. The Hall–Kier alpha value is -2.46. The van der Waals surface area contributed by atoms with Crippen LogP contribution in [0, 0.1) is 5.82 Å². The van der Waals surface area contributed by atoms with Crippen LogP contribution < -0.4 is 0 Å². The Kier molecular flexibility index (Phi) is 4.13. The number of hydrogen-bond acceptors (Lipinski definition) is 2. The largest absolute Gasteiger partial charge is 0.350 e. The van der Waals surface area contributed by atoms with Gasteiger partial charge in [0.2, 0.25) is 0 Å². The summed E-state index contributed by atoms with van der Waals surface area (Å²) in [6, 6.07) is 17.1. The third-order valence-corrected chi connectivity index (χ3v) is 4.65. The van der Waals surface area contributed by atoms with Crippen molar-refractivity contribution in [2.45, 2.75) is 25.6 Å². The Bertz CT molecular complexity index is 813. The van der Waals surface area contributed by atoms with Crippen molar-refractivity contribution in [1.29, 1.82) is 0 Å². The van der Waals surface area contributed by atoms with Crippen LogP contribution in [0.1, 0.15) is 29.4 Å². The second-order valence-electron chi connectivity index (χ2n) is 6.20. The molecule has 3 aromatic rings. The molecular formula is C20H20FN3. The molecule has 122 valence electrons. The lowest BCUT2D eigenvalue weighted by atomic mass is 10.0. The lowest BCUT2D eigenvalue weighted by molar-refractivity contribution is 0.214. The predicted octanol–water partition coefficient (Wildman–Crippen LogP) is 4.02. The molecule has 0 spiro atoms. The van der Waals surface area contributed by atoms with Gasteiger partial charge in [-0.3, -0.25) is 9.88 Å². The highest BCUT2D eigenvalue weighted by atomic mass is 19.1.